The Balaban J connectivity index is 2.08. The molecule has 0 bridgehead atoms. The Bertz CT molecular complexity index is 795. The molecule has 9 heteroatoms. The average Bonchev–Trinajstić information content (AvgIpc) is 2.48. The summed E-state index contributed by atoms with van der Waals surface area (Å²) < 4.78 is 51.2. The number of anilines is 1. The third-order valence-electron chi connectivity index (χ3n) is 2.89. The summed E-state index contributed by atoms with van der Waals surface area (Å²) in [6, 6.07) is 7.88. The van der Waals surface area contributed by atoms with E-state index in [4.69, 9.17) is 23.8 Å². The number of carbonyl (C=O) groups is 1. The van der Waals surface area contributed by atoms with Gasteiger partial charge in [0.25, 0.3) is 5.91 Å². The molecular formula is C15H9ClF4N2OS. The monoisotopic (exact) mass is 376 g/mol. The summed E-state index contributed by atoms with van der Waals surface area (Å²) in [7, 11) is 0. The van der Waals surface area contributed by atoms with E-state index in [0.29, 0.717) is 0 Å². The van der Waals surface area contributed by atoms with Crippen molar-refractivity contribution < 1.29 is 22.4 Å². The summed E-state index contributed by atoms with van der Waals surface area (Å²) in [5, 5.41) is 4.24. The Labute approximate surface area is 144 Å². The fraction of sp³-hybridized carbons (Fsp3) is 0.0667. The van der Waals surface area contributed by atoms with Crippen LogP contribution in [0.1, 0.15) is 15.9 Å². The minimum atomic E-state index is -4.53. The van der Waals surface area contributed by atoms with E-state index in [1.54, 1.807) is 0 Å². The van der Waals surface area contributed by atoms with Crippen molar-refractivity contribution in [1.82, 2.24) is 5.32 Å². The Morgan fingerprint density at radius 1 is 1.12 bits per heavy atom. The molecule has 0 radical (unpaired) electrons. The van der Waals surface area contributed by atoms with Gasteiger partial charge in [0.2, 0.25) is 0 Å². The van der Waals surface area contributed by atoms with Gasteiger partial charge in [-0.25, -0.2) is 4.39 Å². The Kier molecular flexibility index (Phi) is 5.40. The molecule has 0 aromatic heterocycles. The van der Waals surface area contributed by atoms with Crippen LogP contribution in [0.2, 0.25) is 5.02 Å². The summed E-state index contributed by atoms with van der Waals surface area (Å²) in [5.74, 6) is -1.53. The van der Waals surface area contributed by atoms with E-state index in [-0.39, 0.29) is 21.4 Å². The molecule has 126 valence electrons. The van der Waals surface area contributed by atoms with E-state index < -0.39 is 23.5 Å². The fourth-order valence-electron chi connectivity index (χ4n) is 1.76. The second-order valence-corrected chi connectivity index (χ2v) is 5.40. The lowest BCUT2D eigenvalue weighted by molar-refractivity contribution is -0.137. The summed E-state index contributed by atoms with van der Waals surface area (Å²) in [5.41, 5.74) is -1.07. The molecule has 0 saturated heterocycles. The smallest absolute Gasteiger partial charge is 0.331 e. The van der Waals surface area contributed by atoms with Gasteiger partial charge in [-0.2, -0.15) is 13.2 Å². The highest BCUT2D eigenvalue weighted by molar-refractivity contribution is 7.80. The molecular weight excluding hydrogens is 368 g/mol. The number of carbonyl (C=O) groups excluding carboxylic acids is 1. The number of amides is 1. The largest absolute Gasteiger partial charge is 0.416 e. The molecule has 2 rings (SSSR count). The zero-order valence-electron chi connectivity index (χ0n) is 11.7. The highest BCUT2D eigenvalue weighted by Gasteiger charge is 2.30. The van der Waals surface area contributed by atoms with Crippen LogP contribution < -0.4 is 10.6 Å². The standard InChI is InChI=1S/C15H9ClF4N2OS/c16-10-7-8(15(18,19)20)5-6-12(10)21-14(24)22-13(23)9-3-1-2-4-11(9)17/h1-7H,(H2,21,22,23,24). The predicted molar refractivity (Wildman–Crippen MR) is 86.5 cm³/mol. The molecule has 0 fully saturated rings. The molecule has 2 N–H and O–H groups in total. The number of alkyl halides is 3. The average molecular weight is 377 g/mol. The van der Waals surface area contributed by atoms with Gasteiger partial charge in [-0.15, -0.1) is 0 Å². The van der Waals surface area contributed by atoms with Gasteiger partial charge in [0.15, 0.2) is 5.11 Å². The molecule has 1 amide bonds. The first kappa shape index (κ1) is 18.2. The molecule has 0 aliphatic heterocycles. The second kappa shape index (κ2) is 7.14. The van der Waals surface area contributed by atoms with Crippen molar-refractivity contribution in [3.05, 3.63) is 64.4 Å². The molecule has 24 heavy (non-hydrogen) atoms. The van der Waals surface area contributed by atoms with Crippen molar-refractivity contribution in [3.8, 4) is 0 Å². The molecule has 0 aliphatic rings. The minimum Gasteiger partial charge on any atom is -0.331 e. The van der Waals surface area contributed by atoms with Crippen molar-refractivity contribution in [3.63, 3.8) is 0 Å². The van der Waals surface area contributed by atoms with Crippen LogP contribution in [0.15, 0.2) is 42.5 Å². The maximum absolute atomic E-state index is 13.5. The van der Waals surface area contributed by atoms with Gasteiger partial charge in [-0.1, -0.05) is 23.7 Å². The Morgan fingerprint density at radius 2 is 1.79 bits per heavy atom. The topological polar surface area (TPSA) is 41.1 Å². The summed E-state index contributed by atoms with van der Waals surface area (Å²) >= 11 is 10.6. The van der Waals surface area contributed by atoms with Gasteiger partial charge in [-0.3, -0.25) is 10.1 Å². The van der Waals surface area contributed by atoms with E-state index in [9.17, 15) is 22.4 Å². The van der Waals surface area contributed by atoms with Crippen molar-refractivity contribution in [2.45, 2.75) is 6.18 Å². The summed E-state index contributed by atoms with van der Waals surface area (Å²) in [6.45, 7) is 0. The van der Waals surface area contributed by atoms with Gasteiger partial charge in [0, 0.05) is 0 Å². The minimum absolute atomic E-state index is 0.0727. The van der Waals surface area contributed by atoms with Crippen molar-refractivity contribution in [1.29, 1.82) is 0 Å². The van der Waals surface area contributed by atoms with E-state index in [1.807, 2.05) is 0 Å². The van der Waals surface area contributed by atoms with E-state index in [2.05, 4.69) is 10.6 Å². The van der Waals surface area contributed by atoms with Gasteiger partial charge in [0.1, 0.15) is 5.82 Å². The van der Waals surface area contributed by atoms with Crippen LogP contribution in [0.25, 0.3) is 0 Å². The number of halogens is 5. The lowest BCUT2D eigenvalue weighted by Crippen LogP contribution is -2.34. The molecule has 2 aromatic rings. The molecule has 3 nitrogen and oxygen atoms in total. The molecule has 0 atom stereocenters. The maximum Gasteiger partial charge on any atom is 0.416 e. The zero-order valence-corrected chi connectivity index (χ0v) is 13.3. The fourth-order valence-corrected chi connectivity index (χ4v) is 2.19. The second-order valence-electron chi connectivity index (χ2n) is 4.58. The lowest BCUT2D eigenvalue weighted by Gasteiger charge is -2.13. The third kappa shape index (κ3) is 4.42. The number of nitrogens with one attached hydrogen (secondary N) is 2. The van der Waals surface area contributed by atoms with Crippen LogP contribution >= 0.6 is 23.8 Å². The first-order valence-electron chi connectivity index (χ1n) is 6.42. The highest BCUT2D eigenvalue weighted by atomic mass is 35.5. The summed E-state index contributed by atoms with van der Waals surface area (Å²) in [6.07, 6.45) is -4.53. The number of hydrogen-bond donors (Lipinski definition) is 2. The van der Waals surface area contributed by atoms with Crippen molar-refractivity contribution >= 4 is 40.5 Å². The van der Waals surface area contributed by atoms with Crippen LogP contribution in [-0.2, 0) is 6.18 Å². The van der Waals surface area contributed by atoms with E-state index >= 15 is 0 Å². The van der Waals surface area contributed by atoms with Crippen LogP contribution in [0.4, 0.5) is 23.2 Å². The van der Waals surface area contributed by atoms with Gasteiger partial charge < -0.3 is 5.32 Å². The van der Waals surface area contributed by atoms with Gasteiger partial charge >= 0.3 is 6.18 Å². The number of hydrogen-bond acceptors (Lipinski definition) is 2. The molecule has 0 spiro atoms. The lowest BCUT2D eigenvalue weighted by atomic mass is 10.2. The highest BCUT2D eigenvalue weighted by Crippen LogP contribution is 2.33. The molecule has 0 heterocycles. The number of benzene rings is 2. The van der Waals surface area contributed by atoms with Crippen molar-refractivity contribution in [2.75, 3.05) is 5.32 Å². The van der Waals surface area contributed by atoms with Crippen LogP contribution in [-0.4, -0.2) is 11.0 Å². The SMILES string of the molecule is O=C(NC(=S)Nc1ccc(C(F)(F)F)cc1Cl)c1ccccc1F. The Hall–Kier alpha value is -2.19. The summed E-state index contributed by atoms with van der Waals surface area (Å²) in [4.78, 5) is 11.9. The zero-order chi connectivity index (χ0) is 17.9. The van der Waals surface area contributed by atoms with E-state index in [1.165, 1.54) is 18.2 Å². The number of thiocarbonyl (C=S) groups is 1. The quantitative estimate of drug-likeness (QED) is 0.593. The molecule has 0 aliphatic carbocycles. The van der Waals surface area contributed by atoms with Gasteiger partial charge in [-0.05, 0) is 42.5 Å². The molecule has 0 unspecified atom stereocenters. The Morgan fingerprint density at radius 3 is 2.38 bits per heavy atom. The van der Waals surface area contributed by atoms with E-state index in [0.717, 1.165) is 24.3 Å². The normalized spacial score (nSPS) is 11.0. The maximum atomic E-state index is 13.5. The first-order valence-corrected chi connectivity index (χ1v) is 7.20. The van der Waals surface area contributed by atoms with Crippen LogP contribution in [0.5, 0.6) is 0 Å². The first-order chi connectivity index (χ1) is 11.2. The third-order valence-corrected chi connectivity index (χ3v) is 3.41. The molecule has 0 saturated carbocycles. The van der Waals surface area contributed by atoms with Crippen LogP contribution in [0, 0.1) is 5.82 Å². The van der Waals surface area contributed by atoms with Gasteiger partial charge in [0.05, 0.1) is 21.8 Å². The van der Waals surface area contributed by atoms with Crippen LogP contribution in [0.3, 0.4) is 0 Å². The molecule has 2 aromatic carbocycles. The van der Waals surface area contributed by atoms with Crippen molar-refractivity contribution in [2.24, 2.45) is 0 Å². The number of rotatable bonds is 2. The predicted octanol–water partition coefficient (Wildman–Crippen LogP) is 4.62.